The van der Waals surface area contributed by atoms with E-state index in [0.717, 1.165) is 17.2 Å². The summed E-state index contributed by atoms with van der Waals surface area (Å²) in [6, 6.07) is 0. The number of sulfonamides is 1. The van der Waals surface area contributed by atoms with E-state index in [1.54, 1.807) is 6.92 Å². The average molecular weight is 330 g/mol. The van der Waals surface area contributed by atoms with Crippen LogP contribution in [0, 0.1) is 6.92 Å². The van der Waals surface area contributed by atoms with Crippen molar-refractivity contribution in [2.45, 2.75) is 38.8 Å². The number of nitrogens with one attached hydrogen (secondary N) is 3. The first-order valence-electron chi connectivity index (χ1n) is 6.57. The minimum absolute atomic E-state index is 0.00537. The molecule has 2 heterocycles. The van der Waals surface area contributed by atoms with Crippen LogP contribution in [-0.2, 0) is 23.0 Å². The van der Waals surface area contributed by atoms with Gasteiger partial charge in [0, 0.05) is 17.8 Å². The summed E-state index contributed by atoms with van der Waals surface area (Å²) in [6.45, 7) is 6.86. The van der Waals surface area contributed by atoms with Gasteiger partial charge in [-0.1, -0.05) is 25.2 Å². The van der Waals surface area contributed by atoms with Crippen molar-refractivity contribution in [2.75, 3.05) is 11.3 Å². The highest BCUT2D eigenvalue weighted by Gasteiger charge is 2.24. The van der Waals surface area contributed by atoms with Gasteiger partial charge in [-0.15, -0.1) is 10.2 Å². The number of aromatic amines is 1. The zero-order chi connectivity index (χ0) is 15.5. The van der Waals surface area contributed by atoms with Crippen molar-refractivity contribution < 1.29 is 8.42 Å². The predicted octanol–water partition coefficient (Wildman–Crippen LogP) is 1.04. The van der Waals surface area contributed by atoms with Crippen molar-refractivity contribution in [3.8, 4) is 0 Å². The maximum absolute atomic E-state index is 12.4. The largest absolute Gasteiger partial charge is 0.313 e. The topological polar surface area (TPSA) is 113 Å². The van der Waals surface area contributed by atoms with E-state index >= 15 is 0 Å². The van der Waals surface area contributed by atoms with Gasteiger partial charge in [-0.05, 0) is 19.9 Å². The summed E-state index contributed by atoms with van der Waals surface area (Å²) >= 11 is 1.22. The third-order valence-corrected chi connectivity index (χ3v) is 5.25. The van der Waals surface area contributed by atoms with E-state index in [1.807, 2.05) is 13.8 Å². The molecule has 0 unspecified atom stereocenters. The molecule has 0 saturated carbocycles. The maximum atomic E-state index is 12.4. The van der Waals surface area contributed by atoms with E-state index in [2.05, 4.69) is 30.4 Å². The molecule has 2 rings (SSSR count). The number of aryl methyl sites for hydroxylation is 2. The summed E-state index contributed by atoms with van der Waals surface area (Å²) in [5.74, 6) is 0. The van der Waals surface area contributed by atoms with Crippen molar-refractivity contribution in [1.82, 2.24) is 25.7 Å². The molecule has 0 spiro atoms. The minimum Gasteiger partial charge on any atom is -0.313 e. The molecule has 0 aliphatic carbocycles. The fourth-order valence-electron chi connectivity index (χ4n) is 1.71. The Morgan fingerprint density at radius 3 is 2.67 bits per heavy atom. The van der Waals surface area contributed by atoms with Crippen LogP contribution in [0.4, 0.5) is 5.13 Å². The van der Waals surface area contributed by atoms with Gasteiger partial charge in [0.05, 0.1) is 0 Å². The highest BCUT2D eigenvalue weighted by molar-refractivity contribution is 7.92. The molecule has 2 aromatic heterocycles. The van der Waals surface area contributed by atoms with Gasteiger partial charge in [-0.2, -0.15) is 13.5 Å². The van der Waals surface area contributed by atoms with E-state index in [-0.39, 0.29) is 10.2 Å². The first-order valence-corrected chi connectivity index (χ1v) is 8.87. The molecule has 10 heteroatoms. The molecular formula is C11H18N6O2S2. The monoisotopic (exact) mass is 330 g/mol. The Balaban J connectivity index is 2.26. The van der Waals surface area contributed by atoms with E-state index in [0.29, 0.717) is 18.5 Å². The maximum Gasteiger partial charge on any atom is 0.283 e. The molecule has 0 aromatic carbocycles. The van der Waals surface area contributed by atoms with E-state index in [4.69, 9.17) is 0 Å². The lowest BCUT2D eigenvalue weighted by atomic mass is 10.2. The Labute approximate surface area is 127 Å². The molecule has 0 radical (unpaired) electrons. The Kier molecular flexibility index (Phi) is 4.91. The molecule has 2 aromatic rings. The Morgan fingerprint density at radius 1 is 1.29 bits per heavy atom. The van der Waals surface area contributed by atoms with Crippen molar-refractivity contribution >= 4 is 26.5 Å². The van der Waals surface area contributed by atoms with Crippen LogP contribution in [0.5, 0.6) is 0 Å². The zero-order valence-corrected chi connectivity index (χ0v) is 13.7. The Bertz CT molecular complexity index is 706. The summed E-state index contributed by atoms with van der Waals surface area (Å²) in [4.78, 5) is 0. The molecule has 0 aliphatic heterocycles. The molecule has 21 heavy (non-hydrogen) atoms. The SMILES string of the molecule is CCNCc1c(S(=O)(=O)Nc2nnc(CC)s2)n[nH]c1C. The van der Waals surface area contributed by atoms with E-state index in [1.165, 1.54) is 11.3 Å². The number of rotatable bonds is 7. The van der Waals surface area contributed by atoms with Crippen LogP contribution in [0.15, 0.2) is 5.03 Å². The van der Waals surface area contributed by atoms with Crippen molar-refractivity contribution in [1.29, 1.82) is 0 Å². The Hall–Kier alpha value is -1.52. The van der Waals surface area contributed by atoms with Gasteiger partial charge in [-0.25, -0.2) is 0 Å². The molecule has 8 nitrogen and oxygen atoms in total. The quantitative estimate of drug-likeness (QED) is 0.699. The summed E-state index contributed by atoms with van der Waals surface area (Å²) in [6.07, 6.45) is 0.715. The minimum atomic E-state index is -3.77. The molecule has 0 fully saturated rings. The smallest absolute Gasteiger partial charge is 0.283 e. The van der Waals surface area contributed by atoms with Crippen LogP contribution in [0.3, 0.4) is 0 Å². The second kappa shape index (κ2) is 6.50. The van der Waals surface area contributed by atoms with Crippen molar-refractivity contribution in [3.05, 3.63) is 16.3 Å². The molecule has 0 aliphatic rings. The molecule has 116 valence electrons. The summed E-state index contributed by atoms with van der Waals surface area (Å²) in [5, 5.41) is 18.5. The molecule has 3 N–H and O–H groups in total. The van der Waals surface area contributed by atoms with Gasteiger partial charge in [0.25, 0.3) is 10.0 Å². The van der Waals surface area contributed by atoms with Gasteiger partial charge < -0.3 is 5.32 Å². The summed E-state index contributed by atoms with van der Waals surface area (Å²) in [7, 11) is -3.77. The number of aromatic nitrogens is 4. The fraction of sp³-hybridized carbons (Fsp3) is 0.545. The second-order valence-electron chi connectivity index (χ2n) is 4.37. The van der Waals surface area contributed by atoms with Crippen LogP contribution >= 0.6 is 11.3 Å². The summed E-state index contributed by atoms with van der Waals surface area (Å²) in [5.41, 5.74) is 1.35. The predicted molar refractivity (Wildman–Crippen MR) is 80.8 cm³/mol. The van der Waals surface area contributed by atoms with Gasteiger partial charge in [0.2, 0.25) is 10.2 Å². The standard InChI is InChI=1S/C11H18N6O2S2/c1-4-9-14-16-11(20-9)17-21(18,19)10-8(6-12-5-2)7(3)13-15-10/h12H,4-6H2,1-3H3,(H,13,15)(H,16,17). The fourth-order valence-corrected chi connectivity index (χ4v) is 3.82. The third kappa shape index (κ3) is 3.57. The van der Waals surface area contributed by atoms with Gasteiger partial charge >= 0.3 is 0 Å². The van der Waals surface area contributed by atoms with Crippen LogP contribution in [0.25, 0.3) is 0 Å². The van der Waals surface area contributed by atoms with Crippen LogP contribution < -0.4 is 10.0 Å². The number of anilines is 1. The van der Waals surface area contributed by atoms with E-state index < -0.39 is 10.0 Å². The van der Waals surface area contributed by atoms with Crippen molar-refractivity contribution in [3.63, 3.8) is 0 Å². The number of hydrogen-bond donors (Lipinski definition) is 3. The number of nitrogens with zero attached hydrogens (tertiary/aromatic N) is 3. The highest BCUT2D eigenvalue weighted by Crippen LogP contribution is 2.22. The highest BCUT2D eigenvalue weighted by atomic mass is 32.2. The van der Waals surface area contributed by atoms with Crippen molar-refractivity contribution in [2.24, 2.45) is 0 Å². The van der Waals surface area contributed by atoms with Crippen LogP contribution in [-0.4, -0.2) is 35.4 Å². The first kappa shape index (κ1) is 15.9. The lowest BCUT2D eigenvalue weighted by molar-refractivity contribution is 0.594. The molecule has 0 saturated heterocycles. The lowest BCUT2D eigenvalue weighted by Gasteiger charge is -2.06. The number of hydrogen-bond acceptors (Lipinski definition) is 7. The lowest BCUT2D eigenvalue weighted by Crippen LogP contribution is -2.19. The zero-order valence-electron chi connectivity index (χ0n) is 12.1. The molecule has 0 atom stereocenters. The molecule has 0 amide bonds. The second-order valence-corrected chi connectivity index (χ2v) is 7.03. The van der Waals surface area contributed by atoms with E-state index in [9.17, 15) is 8.42 Å². The number of H-pyrrole nitrogens is 1. The normalized spacial score (nSPS) is 11.8. The van der Waals surface area contributed by atoms with Gasteiger partial charge in [0.1, 0.15) is 5.01 Å². The van der Waals surface area contributed by atoms with Gasteiger partial charge in [-0.3, -0.25) is 9.82 Å². The van der Waals surface area contributed by atoms with Crippen LogP contribution in [0.2, 0.25) is 0 Å². The summed E-state index contributed by atoms with van der Waals surface area (Å²) < 4.78 is 27.3. The van der Waals surface area contributed by atoms with Crippen LogP contribution in [0.1, 0.15) is 30.1 Å². The third-order valence-electron chi connectivity index (χ3n) is 2.83. The Morgan fingerprint density at radius 2 is 2.05 bits per heavy atom. The average Bonchev–Trinajstić information content (AvgIpc) is 3.03. The molecule has 0 bridgehead atoms. The van der Waals surface area contributed by atoms with Gasteiger partial charge in [0.15, 0.2) is 0 Å². The molecular weight excluding hydrogens is 312 g/mol. The first-order chi connectivity index (χ1) is 9.97.